The van der Waals surface area contributed by atoms with E-state index >= 15 is 0 Å². The van der Waals surface area contributed by atoms with Crippen LogP contribution in [0.5, 0.6) is 0 Å². The van der Waals surface area contributed by atoms with E-state index in [1.807, 2.05) is 6.92 Å². The lowest BCUT2D eigenvalue weighted by Gasteiger charge is -2.09. The maximum Gasteiger partial charge on any atom is 0.506 e. The van der Waals surface area contributed by atoms with Gasteiger partial charge in [-0.15, -0.1) is 0 Å². The predicted octanol–water partition coefficient (Wildman–Crippen LogP) is 0.858. The van der Waals surface area contributed by atoms with Gasteiger partial charge in [0.25, 0.3) is 0 Å². The monoisotopic (exact) mass is 146 g/mol. The van der Waals surface area contributed by atoms with Crippen molar-refractivity contribution in [2.24, 2.45) is 0 Å². The van der Waals surface area contributed by atoms with E-state index in [0.717, 1.165) is 0 Å². The quantitative estimate of drug-likeness (QED) is 0.473. The van der Waals surface area contributed by atoms with Crippen LogP contribution < -0.4 is 0 Å². The summed E-state index contributed by atoms with van der Waals surface area (Å²) in [5.41, 5.74) is 0. The highest BCUT2D eigenvalue weighted by Gasteiger charge is 2.34. The summed E-state index contributed by atoms with van der Waals surface area (Å²) in [5, 5.41) is 8.21. The first kappa shape index (κ1) is 7.34. The number of hydrogen-bond acceptors (Lipinski definition) is 3. The minimum atomic E-state index is -1.22. The number of rotatable bonds is 3. The molecule has 58 valence electrons. The summed E-state index contributed by atoms with van der Waals surface area (Å²) >= 11 is 0. The van der Waals surface area contributed by atoms with Crippen LogP contribution in [0.4, 0.5) is 4.79 Å². The van der Waals surface area contributed by atoms with E-state index in [-0.39, 0.29) is 12.2 Å². The highest BCUT2D eigenvalue weighted by Crippen LogP contribution is 2.19. The first-order valence-electron chi connectivity index (χ1n) is 3.25. The van der Waals surface area contributed by atoms with E-state index in [0.29, 0.717) is 13.0 Å². The topological polar surface area (TPSA) is 59.1 Å². The van der Waals surface area contributed by atoms with Gasteiger partial charge in [0.15, 0.2) is 0 Å². The Kier molecular flexibility index (Phi) is 2.11. The number of carbonyl (C=O) groups is 1. The summed E-state index contributed by atoms with van der Waals surface area (Å²) in [6.07, 6.45) is -0.794. The molecule has 1 rings (SSSR count). The van der Waals surface area contributed by atoms with E-state index in [2.05, 4.69) is 4.74 Å². The molecule has 0 aromatic carbocycles. The van der Waals surface area contributed by atoms with E-state index < -0.39 is 6.16 Å². The highest BCUT2D eigenvalue weighted by molar-refractivity contribution is 5.57. The molecule has 1 saturated heterocycles. The Bertz CT molecular complexity index is 130. The van der Waals surface area contributed by atoms with Gasteiger partial charge < -0.3 is 14.6 Å². The maximum atomic E-state index is 10.0. The summed E-state index contributed by atoms with van der Waals surface area (Å²) in [7, 11) is 0. The molecule has 2 unspecified atom stereocenters. The normalized spacial score (nSPS) is 25.5. The molecule has 10 heavy (non-hydrogen) atoms. The van der Waals surface area contributed by atoms with Gasteiger partial charge in [0, 0.05) is 0 Å². The van der Waals surface area contributed by atoms with Crippen LogP contribution in [0.25, 0.3) is 0 Å². The SMILES string of the molecule is CCC(OC(=O)O)C1CO1. The fourth-order valence-corrected chi connectivity index (χ4v) is 0.822. The van der Waals surface area contributed by atoms with E-state index in [9.17, 15) is 4.79 Å². The lowest BCUT2D eigenvalue weighted by Crippen LogP contribution is -2.21. The Morgan fingerprint density at radius 3 is 2.90 bits per heavy atom. The van der Waals surface area contributed by atoms with Crippen LogP contribution in [0.3, 0.4) is 0 Å². The van der Waals surface area contributed by atoms with Gasteiger partial charge in [0.2, 0.25) is 0 Å². The zero-order valence-corrected chi connectivity index (χ0v) is 5.74. The Balaban J connectivity index is 2.25. The predicted molar refractivity (Wildman–Crippen MR) is 32.9 cm³/mol. The van der Waals surface area contributed by atoms with Gasteiger partial charge in [-0.25, -0.2) is 4.79 Å². The molecule has 1 aliphatic rings. The minimum absolute atomic E-state index is 0.0149. The number of carboxylic acid groups (broad SMARTS) is 1. The highest BCUT2D eigenvalue weighted by atomic mass is 16.7. The van der Waals surface area contributed by atoms with Gasteiger partial charge in [0.1, 0.15) is 12.2 Å². The third-order valence-electron chi connectivity index (χ3n) is 1.43. The van der Waals surface area contributed by atoms with Gasteiger partial charge in [0.05, 0.1) is 6.61 Å². The molecule has 1 fully saturated rings. The summed E-state index contributed by atoms with van der Waals surface area (Å²) in [6, 6.07) is 0. The molecule has 1 N–H and O–H groups in total. The summed E-state index contributed by atoms with van der Waals surface area (Å²) in [6.45, 7) is 2.50. The smallest absolute Gasteiger partial charge is 0.450 e. The first-order chi connectivity index (χ1) is 4.74. The average molecular weight is 146 g/mol. The fourth-order valence-electron chi connectivity index (χ4n) is 0.822. The lowest BCUT2D eigenvalue weighted by atomic mass is 10.2. The second kappa shape index (κ2) is 2.88. The van der Waals surface area contributed by atoms with Crippen molar-refractivity contribution in [1.29, 1.82) is 0 Å². The van der Waals surface area contributed by atoms with Crippen LogP contribution in [-0.4, -0.2) is 30.1 Å². The van der Waals surface area contributed by atoms with Crippen molar-refractivity contribution in [3.05, 3.63) is 0 Å². The Morgan fingerprint density at radius 1 is 2.00 bits per heavy atom. The second-order valence-corrected chi connectivity index (χ2v) is 2.20. The van der Waals surface area contributed by atoms with Gasteiger partial charge in [-0.3, -0.25) is 0 Å². The Hall–Kier alpha value is -0.770. The zero-order valence-electron chi connectivity index (χ0n) is 5.74. The molecule has 0 radical (unpaired) electrons. The van der Waals surface area contributed by atoms with Crippen molar-refractivity contribution in [1.82, 2.24) is 0 Å². The third-order valence-corrected chi connectivity index (χ3v) is 1.43. The first-order valence-corrected chi connectivity index (χ1v) is 3.25. The van der Waals surface area contributed by atoms with Crippen molar-refractivity contribution >= 4 is 6.16 Å². The Labute approximate surface area is 58.7 Å². The molecule has 2 atom stereocenters. The van der Waals surface area contributed by atoms with E-state index in [1.165, 1.54) is 0 Å². The molecule has 0 aromatic heterocycles. The largest absolute Gasteiger partial charge is 0.506 e. The van der Waals surface area contributed by atoms with Crippen molar-refractivity contribution < 1.29 is 19.4 Å². The molecule has 1 aliphatic heterocycles. The maximum absolute atomic E-state index is 10.0. The number of hydrogen-bond donors (Lipinski definition) is 1. The van der Waals surface area contributed by atoms with Gasteiger partial charge >= 0.3 is 6.16 Å². The molecule has 4 nitrogen and oxygen atoms in total. The second-order valence-electron chi connectivity index (χ2n) is 2.20. The molecule has 0 spiro atoms. The third kappa shape index (κ3) is 1.88. The number of epoxide rings is 1. The molecule has 1 heterocycles. The van der Waals surface area contributed by atoms with Crippen LogP contribution in [0.2, 0.25) is 0 Å². The fraction of sp³-hybridized carbons (Fsp3) is 0.833. The molecule has 4 heteroatoms. The van der Waals surface area contributed by atoms with Gasteiger partial charge in [-0.05, 0) is 6.42 Å². The molecule has 0 aliphatic carbocycles. The zero-order chi connectivity index (χ0) is 7.56. The molecule has 0 saturated carbocycles. The summed E-state index contributed by atoms with van der Waals surface area (Å²) < 4.78 is 9.39. The van der Waals surface area contributed by atoms with E-state index in [4.69, 9.17) is 9.84 Å². The van der Waals surface area contributed by atoms with Crippen LogP contribution in [0.1, 0.15) is 13.3 Å². The van der Waals surface area contributed by atoms with Crippen molar-refractivity contribution in [2.45, 2.75) is 25.6 Å². The molecular weight excluding hydrogens is 136 g/mol. The minimum Gasteiger partial charge on any atom is -0.450 e. The van der Waals surface area contributed by atoms with Crippen LogP contribution >= 0.6 is 0 Å². The van der Waals surface area contributed by atoms with Gasteiger partial charge in [-0.1, -0.05) is 6.92 Å². The lowest BCUT2D eigenvalue weighted by molar-refractivity contribution is 0.0373. The van der Waals surface area contributed by atoms with Crippen molar-refractivity contribution in [3.63, 3.8) is 0 Å². The van der Waals surface area contributed by atoms with Crippen molar-refractivity contribution in [3.8, 4) is 0 Å². The summed E-state index contributed by atoms with van der Waals surface area (Å²) in [5.74, 6) is 0. The number of ether oxygens (including phenoxy) is 2. The standard InChI is InChI=1S/C6H10O4/c1-2-4(5-3-9-5)10-6(7)8/h4-5H,2-3H2,1H3,(H,7,8). The molecule has 0 aromatic rings. The van der Waals surface area contributed by atoms with Crippen LogP contribution in [-0.2, 0) is 9.47 Å². The molecular formula is C6H10O4. The van der Waals surface area contributed by atoms with Crippen LogP contribution in [0.15, 0.2) is 0 Å². The summed E-state index contributed by atoms with van der Waals surface area (Å²) in [4.78, 5) is 10.0. The van der Waals surface area contributed by atoms with E-state index in [1.54, 1.807) is 0 Å². The molecule has 0 amide bonds. The van der Waals surface area contributed by atoms with Crippen LogP contribution in [0, 0.1) is 0 Å². The Morgan fingerprint density at radius 2 is 2.60 bits per heavy atom. The van der Waals surface area contributed by atoms with Crippen molar-refractivity contribution in [2.75, 3.05) is 6.61 Å². The molecule has 0 bridgehead atoms. The average Bonchev–Trinajstić information content (AvgIpc) is 2.63. The van der Waals surface area contributed by atoms with Gasteiger partial charge in [-0.2, -0.15) is 0 Å².